The smallest absolute Gasteiger partial charge is 0.222 e. The van der Waals surface area contributed by atoms with Crippen LogP contribution in [0.4, 0.5) is 10.3 Å². The molecule has 2 aromatic rings. The van der Waals surface area contributed by atoms with Gasteiger partial charge >= 0.3 is 0 Å². The Labute approximate surface area is 127 Å². The van der Waals surface area contributed by atoms with Gasteiger partial charge < -0.3 is 15.6 Å². The van der Waals surface area contributed by atoms with E-state index in [1.165, 1.54) is 12.1 Å². The molecule has 5 nitrogen and oxygen atoms in total. The standard InChI is InChI=1S/C14H18ClFN4O/c1-3-8(2)18-13(21)4-5-20-12-7-10(16)9(15)6-11(12)19-14(20)17/h6-8H,3-5H2,1-2H3,(H2,17,19)(H,18,21). The van der Waals surface area contributed by atoms with Crippen LogP contribution in [-0.2, 0) is 11.3 Å². The molecule has 7 heteroatoms. The first-order chi connectivity index (χ1) is 9.92. The van der Waals surface area contributed by atoms with Crippen molar-refractivity contribution in [2.45, 2.75) is 39.3 Å². The Kier molecular flexibility index (Phi) is 4.67. The van der Waals surface area contributed by atoms with Crippen molar-refractivity contribution < 1.29 is 9.18 Å². The van der Waals surface area contributed by atoms with Crippen LogP contribution in [0, 0.1) is 5.82 Å². The number of rotatable bonds is 5. The van der Waals surface area contributed by atoms with Crippen molar-refractivity contribution in [3.05, 3.63) is 23.0 Å². The molecule has 0 fully saturated rings. The van der Waals surface area contributed by atoms with E-state index in [1.807, 2.05) is 13.8 Å². The van der Waals surface area contributed by atoms with Gasteiger partial charge in [0, 0.05) is 25.1 Å². The topological polar surface area (TPSA) is 72.9 Å². The number of amides is 1. The Morgan fingerprint density at radius 1 is 1.57 bits per heavy atom. The maximum absolute atomic E-state index is 13.6. The second-order valence-corrected chi connectivity index (χ2v) is 5.41. The highest BCUT2D eigenvalue weighted by Gasteiger charge is 2.13. The number of carbonyl (C=O) groups excluding carboxylic acids is 1. The fourth-order valence-electron chi connectivity index (χ4n) is 2.04. The number of nitrogen functional groups attached to an aromatic ring is 1. The summed E-state index contributed by atoms with van der Waals surface area (Å²) in [5.74, 6) is -0.364. The summed E-state index contributed by atoms with van der Waals surface area (Å²) in [4.78, 5) is 15.9. The molecule has 1 heterocycles. The Bertz CT molecular complexity index is 671. The van der Waals surface area contributed by atoms with Crippen LogP contribution in [0.15, 0.2) is 12.1 Å². The average Bonchev–Trinajstić information content (AvgIpc) is 2.72. The fourth-order valence-corrected chi connectivity index (χ4v) is 2.19. The minimum Gasteiger partial charge on any atom is -0.369 e. The van der Waals surface area contributed by atoms with Crippen molar-refractivity contribution in [1.29, 1.82) is 0 Å². The number of imidazole rings is 1. The molecule has 0 radical (unpaired) electrons. The zero-order valence-electron chi connectivity index (χ0n) is 12.0. The molecule has 0 aliphatic rings. The summed E-state index contributed by atoms with van der Waals surface area (Å²) in [7, 11) is 0. The van der Waals surface area contributed by atoms with Crippen LogP contribution < -0.4 is 11.1 Å². The molecular weight excluding hydrogens is 295 g/mol. The van der Waals surface area contributed by atoms with E-state index >= 15 is 0 Å². The third-order valence-corrected chi connectivity index (χ3v) is 3.69. The molecule has 21 heavy (non-hydrogen) atoms. The number of carbonyl (C=O) groups is 1. The summed E-state index contributed by atoms with van der Waals surface area (Å²) in [6.45, 7) is 4.28. The third-order valence-electron chi connectivity index (χ3n) is 3.40. The van der Waals surface area contributed by atoms with Crippen LogP contribution in [0.25, 0.3) is 11.0 Å². The lowest BCUT2D eigenvalue weighted by Crippen LogP contribution is -2.32. The quantitative estimate of drug-likeness (QED) is 0.891. The number of benzene rings is 1. The van der Waals surface area contributed by atoms with E-state index in [9.17, 15) is 9.18 Å². The molecular formula is C14H18ClFN4O. The molecule has 0 spiro atoms. The van der Waals surface area contributed by atoms with E-state index < -0.39 is 5.82 Å². The first-order valence-corrected chi connectivity index (χ1v) is 7.20. The summed E-state index contributed by atoms with van der Waals surface area (Å²) in [6, 6.07) is 2.84. The molecule has 0 aliphatic heterocycles. The van der Waals surface area contributed by atoms with E-state index in [0.717, 1.165) is 6.42 Å². The highest BCUT2D eigenvalue weighted by molar-refractivity contribution is 6.31. The minimum absolute atomic E-state index is 0.00154. The Balaban J connectivity index is 2.17. The van der Waals surface area contributed by atoms with E-state index in [0.29, 0.717) is 17.6 Å². The maximum Gasteiger partial charge on any atom is 0.222 e. The molecule has 1 amide bonds. The average molecular weight is 313 g/mol. The number of nitrogens with two attached hydrogens (primary N) is 1. The van der Waals surface area contributed by atoms with Crippen LogP contribution in [-0.4, -0.2) is 21.5 Å². The molecule has 0 saturated heterocycles. The number of hydrogen-bond donors (Lipinski definition) is 2. The summed E-state index contributed by atoms with van der Waals surface area (Å²) >= 11 is 5.72. The van der Waals surface area contributed by atoms with Gasteiger partial charge in [-0.15, -0.1) is 0 Å². The van der Waals surface area contributed by atoms with Gasteiger partial charge in [-0.2, -0.15) is 0 Å². The molecule has 1 atom stereocenters. The maximum atomic E-state index is 13.6. The number of nitrogens with zero attached hydrogens (tertiary/aromatic N) is 2. The normalized spacial score (nSPS) is 12.6. The molecule has 2 rings (SSSR count). The molecule has 1 aromatic carbocycles. The predicted octanol–water partition coefficient (Wildman–Crippen LogP) is 2.72. The van der Waals surface area contributed by atoms with E-state index in [-0.39, 0.29) is 29.3 Å². The number of aromatic nitrogens is 2. The van der Waals surface area contributed by atoms with Crippen LogP contribution in [0.5, 0.6) is 0 Å². The highest BCUT2D eigenvalue weighted by atomic mass is 35.5. The molecule has 3 N–H and O–H groups in total. The van der Waals surface area contributed by atoms with Gasteiger partial charge in [0.05, 0.1) is 16.1 Å². The second-order valence-electron chi connectivity index (χ2n) is 5.00. The Morgan fingerprint density at radius 2 is 2.29 bits per heavy atom. The van der Waals surface area contributed by atoms with Crippen LogP contribution in [0.1, 0.15) is 26.7 Å². The van der Waals surface area contributed by atoms with Crippen LogP contribution in [0.3, 0.4) is 0 Å². The first-order valence-electron chi connectivity index (χ1n) is 6.82. The van der Waals surface area contributed by atoms with Crippen molar-refractivity contribution in [3.63, 3.8) is 0 Å². The van der Waals surface area contributed by atoms with Crippen molar-refractivity contribution in [3.8, 4) is 0 Å². The van der Waals surface area contributed by atoms with Gasteiger partial charge in [-0.25, -0.2) is 9.37 Å². The van der Waals surface area contributed by atoms with Gasteiger partial charge in [-0.3, -0.25) is 4.79 Å². The largest absolute Gasteiger partial charge is 0.369 e. The minimum atomic E-state index is -0.533. The highest BCUT2D eigenvalue weighted by Crippen LogP contribution is 2.24. The van der Waals surface area contributed by atoms with Gasteiger partial charge in [0.15, 0.2) is 0 Å². The number of aryl methyl sites for hydroxylation is 1. The monoisotopic (exact) mass is 312 g/mol. The van der Waals surface area contributed by atoms with Crippen molar-refractivity contribution in [1.82, 2.24) is 14.9 Å². The SMILES string of the molecule is CCC(C)NC(=O)CCn1c(N)nc2cc(Cl)c(F)cc21. The molecule has 114 valence electrons. The van der Waals surface area contributed by atoms with Gasteiger partial charge in [0.1, 0.15) is 5.82 Å². The van der Waals surface area contributed by atoms with Crippen molar-refractivity contribution >= 4 is 34.5 Å². The van der Waals surface area contributed by atoms with Crippen molar-refractivity contribution in [2.75, 3.05) is 5.73 Å². The zero-order chi connectivity index (χ0) is 15.6. The predicted molar refractivity (Wildman–Crippen MR) is 81.6 cm³/mol. The van der Waals surface area contributed by atoms with E-state index in [1.54, 1.807) is 4.57 Å². The zero-order valence-corrected chi connectivity index (χ0v) is 12.7. The number of anilines is 1. The van der Waals surface area contributed by atoms with Crippen LogP contribution in [0.2, 0.25) is 5.02 Å². The Morgan fingerprint density at radius 3 is 2.95 bits per heavy atom. The van der Waals surface area contributed by atoms with E-state index in [4.69, 9.17) is 17.3 Å². The van der Waals surface area contributed by atoms with Gasteiger partial charge in [-0.05, 0) is 19.4 Å². The lowest BCUT2D eigenvalue weighted by Gasteiger charge is -2.12. The van der Waals surface area contributed by atoms with E-state index in [2.05, 4.69) is 10.3 Å². The number of hydrogen-bond acceptors (Lipinski definition) is 3. The van der Waals surface area contributed by atoms with Gasteiger partial charge in [0.2, 0.25) is 11.9 Å². The summed E-state index contributed by atoms with van der Waals surface area (Å²) in [6.07, 6.45) is 1.12. The summed E-state index contributed by atoms with van der Waals surface area (Å²) < 4.78 is 15.2. The third kappa shape index (κ3) is 3.44. The number of nitrogens with one attached hydrogen (secondary N) is 1. The molecule has 1 aromatic heterocycles. The molecule has 1 unspecified atom stereocenters. The van der Waals surface area contributed by atoms with Gasteiger partial charge in [-0.1, -0.05) is 18.5 Å². The number of fused-ring (bicyclic) bond motifs is 1. The summed E-state index contributed by atoms with van der Waals surface area (Å²) in [5, 5.41) is 2.87. The Hall–Kier alpha value is -1.82. The number of halogens is 2. The first kappa shape index (κ1) is 15.6. The second kappa shape index (κ2) is 6.30. The lowest BCUT2D eigenvalue weighted by molar-refractivity contribution is -0.121. The van der Waals surface area contributed by atoms with Gasteiger partial charge in [0.25, 0.3) is 0 Å². The fraction of sp³-hybridized carbons (Fsp3) is 0.429. The van der Waals surface area contributed by atoms with Crippen molar-refractivity contribution in [2.24, 2.45) is 0 Å². The summed E-state index contributed by atoms with van der Waals surface area (Å²) in [5.41, 5.74) is 6.87. The molecule has 0 bridgehead atoms. The molecule has 0 saturated carbocycles. The molecule has 0 aliphatic carbocycles. The van der Waals surface area contributed by atoms with Crippen LogP contribution >= 0.6 is 11.6 Å². The lowest BCUT2D eigenvalue weighted by atomic mass is 10.2.